The first kappa shape index (κ1) is 21.6. The Morgan fingerprint density at radius 1 is 1.10 bits per heavy atom. The lowest BCUT2D eigenvalue weighted by molar-refractivity contribution is -0.133. The summed E-state index contributed by atoms with van der Waals surface area (Å²) in [5.74, 6) is -4.47. The summed E-state index contributed by atoms with van der Waals surface area (Å²) in [7, 11) is 1.58. The fourth-order valence-corrected chi connectivity index (χ4v) is 3.70. The van der Waals surface area contributed by atoms with Crippen molar-refractivity contribution >= 4 is 23.3 Å². The molecular formula is C21H23F2N3O4. The number of carbonyl (C=O) groups is 3. The molecule has 1 saturated carbocycles. The molecule has 1 aromatic heterocycles. The minimum atomic E-state index is -1.10. The number of hydrogen-bond donors (Lipinski definition) is 2. The Balaban J connectivity index is 1.79. The highest BCUT2D eigenvalue weighted by molar-refractivity contribution is 6.43. The van der Waals surface area contributed by atoms with E-state index >= 15 is 0 Å². The predicted octanol–water partition coefficient (Wildman–Crippen LogP) is 3.35. The van der Waals surface area contributed by atoms with Gasteiger partial charge in [0, 0.05) is 24.5 Å². The summed E-state index contributed by atoms with van der Waals surface area (Å²) in [6.45, 7) is 3.16. The summed E-state index contributed by atoms with van der Waals surface area (Å²) in [5, 5.41) is 2.48. The third-order valence-corrected chi connectivity index (χ3v) is 5.38. The van der Waals surface area contributed by atoms with Crippen LogP contribution in [0.4, 0.5) is 14.5 Å². The molecule has 30 heavy (non-hydrogen) atoms. The van der Waals surface area contributed by atoms with E-state index in [4.69, 9.17) is 4.84 Å². The molecule has 2 N–H and O–H groups in total. The van der Waals surface area contributed by atoms with E-state index in [0.717, 1.165) is 37.8 Å². The van der Waals surface area contributed by atoms with Gasteiger partial charge in [-0.2, -0.15) is 0 Å². The maximum Gasteiger partial charge on any atom is 0.315 e. The summed E-state index contributed by atoms with van der Waals surface area (Å²) in [6, 6.07) is 2.98. The maximum absolute atomic E-state index is 13.4. The van der Waals surface area contributed by atoms with E-state index in [0.29, 0.717) is 11.3 Å². The van der Waals surface area contributed by atoms with Gasteiger partial charge in [-0.3, -0.25) is 19.2 Å². The number of hydroxylamine groups is 1. The third kappa shape index (κ3) is 4.25. The molecule has 0 atom stereocenters. The smallest absolute Gasteiger partial charge is 0.315 e. The average Bonchev–Trinajstić information content (AvgIpc) is 3.29. The van der Waals surface area contributed by atoms with Crippen molar-refractivity contribution in [1.29, 1.82) is 0 Å². The van der Waals surface area contributed by atoms with Crippen molar-refractivity contribution in [2.45, 2.75) is 45.6 Å². The Labute approximate surface area is 172 Å². The van der Waals surface area contributed by atoms with Crippen LogP contribution in [-0.2, 0) is 16.7 Å². The molecule has 0 bridgehead atoms. The van der Waals surface area contributed by atoms with Crippen LogP contribution < -0.4 is 10.8 Å². The van der Waals surface area contributed by atoms with Crippen LogP contribution in [0.2, 0.25) is 0 Å². The van der Waals surface area contributed by atoms with Gasteiger partial charge in [-0.15, -0.1) is 0 Å². The standard InChI is InChI=1S/C21H23F2N3O4/c1-11-17(19(27)21(29)25-30-14-6-4-5-7-14)12(2)26(3)18(11)20(28)24-13-8-9-15(22)16(23)10-13/h8-10,14H,4-7H2,1-3H3,(H,24,28)(H,25,29). The number of nitrogens with one attached hydrogen (secondary N) is 2. The Morgan fingerprint density at radius 2 is 1.77 bits per heavy atom. The van der Waals surface area contributed by atoms with Gasteiger partial charge in [-0.05, 0) is 44.4 Å². The maximum atomic E-state index is 13.4. The number of aromatic nitrogens is 1. The average molecular weight is 419 g/mol. The highest BCUT2D eigenvalue weighted by Gasteiger charge is 2.29. The van der Waals surface area contributed by atoms with Crippen molar-refractivity contribution in [3.05, 3.63) is 52.3 Å². The van der Waals surface area contributed by atoms with Gasteiger partial charge in [0.2, 0.25) is 0 Å². The molecule has 0 spiro atoms. The highest BCUT2D eigenvalue weighted by Crippen LogP contribution is 2.24. The zero-order valence-corrected chi connectivity index (χ0v) is 17.0. The number of carbonyl (C=O) groups excluding carboxylic acids is 3. The summed E-state index contributed by atoms with van der Waals surface area (Å²) < 4.78 is 28.0. The van der Waals surface area contributed by atoms with Gasteiger partial charge in [-0.1, -0.05) is 12.8 Å². The van der Waals surface area contributed by atoms with E-state index in [9.17, 15) is 23.2 Å². The van der Waals surface area contributed by atoms with Gasteiger partial charge >= 0.3 is 5.91 Å². The van der Waals surface area contributed by atoms with Crippen molar-refractivity contribution in [3.8, 4) is 0 Å². The molecule has 9 heteroatoms. The number of amides is 2. The number of Topliss-reactive ketones (excluding diaryl/α,β-unsaturated/α-hetero) is 1. The molecule has 0 radical (unpaired) electrons. The number of ketones is 1. The van der Waals surface area contributed by atoms with Gasteiger partial charge in [0.15, 0.2) is 11.6 Å². The number of nitrogens with zero attached hydrogens (tertiary/aromatic N) is 1. The van der Waals surface area contributed by atoms with Gasteiger partial charge in [0.05, 0.1) is 11.7 Å². The quantitative estimate of drug-likeness (QED) is 0.427. The molecule has 3 rings (SSSR count). The van der Waals surface area contributed by atoms with Crippen LogP contribution in [0.25, 0.3) is 0 Å². The van der Waals surface area contributed by atoms with Crippen LogP contribution in [0.5, 0.6) is 0 Å². The SMILES string of the molecule is Cc1c(C(=O)C(=O)NOC2CCCC2)c(C)n(C)c1C(=O)Nc1ccc(F)c(F)c1. The van der Waals surface area contributed by atoms with Gasteiger partial charge in [-0.25, -0.2) is 14.3 Å². The van der Waals surface area contributed by atoms with Crippen LogP contribution in [0.15, 0.2) is 18.2 Å². The predicted molar refractivity (Wildman–Crippen MR) is 105 cm³/mol. The summed E-state index contributed by atoms with van der Waals surface area (Å²) in [6.07, 6.45) is 3.58. The summed E-state index contributed by atoms with van der Waals surface area (Å²) >= 11 is 0. The Bertz CT molecular complexity index is 1010. The molecule has 1 heterocycles. The van der Waals surface area contributed by atoms with Crippen molar-refractivity contribution in [2.24, 2.45) is 7.05 Å². The lowest BCUT2D eigenvalue weighted by atomic mass is 10.1. The molecule has 1 fully saturated rings. The monoisotopic (exact) mass is 419 g/mol. The number of rotatable bonds is 6. The van der Waals surface area contributed by atoms with E-state index in [1.807, 2.05) is 0 Å². The normalized spacial score (nSPS) is 14.0. The van der Waals surface area contributed by atoms with E-state index < -0.39 is 29.2 Å². The minimum absolute atomic E-state index is 0.0627. The Morgan fingerprint density at radius 3 is 2.40 bits per heavy atom. The fourth-order valence-electron chi connectivity index (χ4n) is 3.70. The van der Waals surface area contributed by atoms with Crippen LogP contribution in [-0.4, -0.2) is 28.3 Å². The molecule has 1 aliphatic rings. The largest absolute Gasteiger partial charge is 0.343 e. The number of anilines is 1. The van der Waals surface area contributed by atoms with Crippen LogP contribution in [0.3, 0.4) is 0 Å². The van der Waals surface area contributed by atoms with Crippen molar-refractivity contribution in [3.63, 3.8) is 0 Å². The van der Waals surface area contributed by atoms with E-state index in [1.54, 1.807) is 20.9 Å². The molecule has 2 amide bonds. The zero-order chi connectivity index (χ0) is 22.0. The molecule has 0 unspecified atom stereocenters. The number of hydrogen-bond acceptors (Lipinski definition) is 4. The molecule has 1 aromatic carbocycles. The first-order chi connectivity index (χ1) is 14.2. The van der Waals surface area contributed by atoms with E-state index in [2.05, 4.69) is 10.8 Å². The molecule has 0 saturated heterocycles. The fraction of sp³-hybridized carbons (Fsp3) is 0.381. The molecule has 0 aliphatic heterocycles. The van der Waals surface area contributed by atoms with E-state index in [1.165, 1.54) is 10.6 Å². The second-order valence-corrected chi connectivity index (χ2v) is 7.36. The second-order valence-electron chi connectivity index (χ2n) is 7.36. The van der Waals surface area contributed by atoms with Crippen LogP contribution in [0, 0.1) is 25.5 Å². The topological polar surface area (TPSA) is 89.4 Å². The molecular weight excluding hydrogens is 396 g/mol. The highest BCUT2D eigenvalue weighted by atomic mass is 19.2. The third-order valence-electron chi connectivity index (χ3n) is 5.38. The van der Waals surface area contributed by atoms with E-state index in [-0.39, 0.29) is 23.0 Å². The van der Waals surface area contributed by atoms with Crippen molar-refractivity contribution in [2.75, 3.05) is 5.32 Å². The van der Waals surface area contributed by atoms with Crippen molar-refractivity contribution in [1.82, 2.24) is 10.0 Å². The Hall–Kier alpha value is -3.07. The van der Waals surface area contributed by atoms with Crippen LogP contribution >= 0.6 is 0 Å². The first-order valence-electron chi connectivity index (χ1n) is 9.63. The number of halogens is 2. The molecule has 2 aromatic rings. The second kappa shape index (κ2) is 8.74. The van der Waals surface area contributed by atoms with Crippen LogP contribution in [0.1, 0.15) is 57.8 Å². The Kier molecular flexibility index (Phi) is 6.31. The minimum Gasteiger partial charge on any atom is -0.343 e. The summed E-state index contributed by atoms with van der Waals surface area (Å²) in [5.41, 5.74) is 3.22. The molecule has 1 aliphatic carbocycles. The van der Waals surface area contributed by atoms with Gasteiger partial charge in [0.1, 0.15) is 5.69 Å². The molecule has 160 valence electrons. The number of benzene rings is 1. The summed E-state index contributed by atoms with van der Waals surface area (Å²) in [4.78, 5) is 43.0. The lowest BCUT2D eigenvalue weighted by Crippen LogP contribution is -2.34. The van der Waals surface area contributed by atoms with Crippen molar-refractivity contribution < 1.29 is 28.0 Å². The molecule has 7 nitrogen and oxygen atoms in total. The lowest BCUT2D eigenvalue weighted by Gasteiger charge is -2.11. The van der Waals surface area contributed by atoms with Gasteiger partial charge in [0.25, 0.3) is 11.7 Å². The zero-order valence-electron chi connectivity index (χ0n) is 17.0. The first-order valence-corrected chi connectivity index (χ1v) is 9.63. The van der Waals surface area contributed by atoms with Gasteiger partial charge < -0.3 is 9.88 Å².